The first-order chi connectivity index (χ1) is 13.0. The van der Waals surface area contributed by atoms with Gasteiger partial charge in [-0.05, 0) is 36.6 Å². The zero-order chi connectivity index (χ0) is 19.4. The number of hydrogen-bond donors (Lipinski definition) is 2. The van der Waals surface area contributed by atoms with Gasteiger partial charge in [0.05, 0.1) is 0 Å². The first-order valence-electron chi connectivity index (χ1n) is 9.56. The third kappa shape index (κ3) is 4.13. The number of nitrogens with zero attached hydrogens (tertiary/aromatic N) is 1. The molecule has 2 aromatic carbocycles. The Kier molecular flexibility index (Phi) is 5.79. The van der Waals surface area contributed by atoms with Gasteiger partial charge in [0.25, 0.3) is 11.8 Å². The van der Waals surface area contributed by atoms with E-state index in [-0.39, 0.29) is 18.0 Å². The third-order valence-electron chi connectivity index (χ3n) is 4.62. The van der Waals surface area contributed by atoms with Crippen molar-refractivity contribution >= 4 is 17.5 Å². The molecular weight excluding hydrogens is 338 g/mol. The zero-order valence-corrected chi connectivity index (χ0v) is 16.2. The van der Waals surface area contributed by atoms with E-state index >= 15 is 0 Å². The van der Waals surface area contributed by atoms with Crippen molar-refractivity contribution in [1.82, 2.24) is 10.2 Å². The van der Waals surface area contributed by atoms with Crippen molar-refractivity contribution < 1.29 is 9.59 Å². The Bertz CT molecular complexity index is 832. The predicted molar refractivity (Wildman–Crippen MR) is 108 cm³/mol. The molecule has 2 amide bonds. The molecule has 0 bridgehead atoms. The van der Waals surface area contributed by atoms with Gasteiger partial charge in [0.15, 0.2) is 0 Å². The fourth-order valence-corrected chi connectivity index (χ4v) is 3.30. The molecule has 1 aliphatic rings. The van der Waals surface area contributed by atoms with Crippen LogP contribution >= 0.6 is 0 Å². The maximum atomic E-state index is 12.7. The van der Waals surface area contributed by atoms with Crippen molar-refractivity contribution in [3.05, 3.63) is 65.2 Å². The number of anilines is 1. The number of rotatable bonds is 7. The highest BCUT2D eigenvalue weighted by atomic mass is 16.2. The van der Waals surface area contributed by atoms with E-state index in [1.807, 2.05) is 47.4 Å². The number of carbonyl (C=O) groups is 2. The molecular formula is C22H27N3O2. The number of carbonyl (C=O) groups excluding carboxylic acids is 2. The molecule has 0 fully saturated rings. The lowest BCUT2D eigenvalue weighted by Gasteiger charge is -2.27. The van der Waals surface area contributed by atoms with Crippen LogP contribution < -0.4 is 10.6 Å². The van der Waals surface area contributed by atoms with Crippen LogP contribution in [0.3, 0.4) is 0 Å². The third-order valence-corrected chi connectivity index (χ3v) is 4.62. The van der Waals surface area contributed by atoms with Crippen LogP contribution in [0.2, 0.25) is 0 Å². The molecule has 0 radical (unpaired) electrons. The molecule has 2 N–H and O–H groups in total. The van der Waals surface area contributed by atoms with E-state index < -0.39 is 0 Å². The van der Waals surface area contributed by atoms with Gasteiger partial charge in [-0.2, -0.15) is 0 Å². The highest BCUT2D eigenvalue weighted by Crippen LogP contribution is 2.34. The smallest absolute Gasteiger partial charge is 0.256 e. The van der Waals surface area contributed by atoms with E-state index in [4.69, 9.17) is 0 Å². The molecule has 0 unspecified atom stereocenters. The minimum Gasteiger partial charge on any atom is -0.361 e. The van der Waals surface area contributed by atoms with E-state index in [2.05, 4.69) is 31.4 Å². The van der Waals surface area contributed by atoms with Crippen molar-refractivity contribution in [2.24, 2.45) is 5.92 Å². The van der Waals surface area contributed by atoms with Crippen molar-refractivity contribution in [3.8, 4) is 0 Å². The number of fused-ring (bicyclic) bond motifs is 1. The summed E-state index contributed by atoms with van der Waals surface area (Å²) < 4.78 is 0. The predicted octanol–water partition coefficient (Wildman–Crippen LogP) is 4.05. The monoisotopic (exact) mass is 365 g/mol. The summed E-state index contributed by atoms with van der Waals surface area (Å²) in [5.41, 5.74) is 3.16. The molecule has 1 atom stereocenters. The van der Waals surface area contributed by atoms with E-state index in [0.29, 0.717) is 24.6 Å². The van der Waals surface area contributed by atoms with Gasteiger partial charge in [0.2, 0.25) is 0 Å². The topological polar surface area (TPSA) is 61.4 Å². The Balaban J connectivity index is 1.82. The second kappa shape index (κ2) is 8.25. The number of benzene rings is 2. The van der Waals surface area contributed by atoms with E-state index in [0.717, 1.165) is 23.2 Å². The standard InChI is InChI=1S/C22H27N3O2/c1-4-12-25-20(18-10-5-6-11-19(18)22(25)27)24-17-9-7-8-16(13-17)21(26)23-14-15(2)3/h5-11,13,15,20,24H,4,12,14H2,1-3H3,(H,23,26)/t20-/m0/s1. The molecule has 0 saturated heterocycles. The Morgan fingerprint density at radius 2 is 1.93 bits per heavy atom. The second-order valence-electron chi connectivity index (χ2n) is 7.32. The van der Waals surface area contributed by atoms with Gasteiger partial charge < -0.3 is 15.5 Å². The molecule has 0 saturated carbocycles. The Morgan fingerprint density at radius 3 is 2.67 bits per heavy atom. The SMILES string of the molecule is CCCN1C(=O)c2ccccc2[C@H]1Nc1cccc(C(=O)NCC(C)C)c1. The molecule has 0 aliphatic carbocycles. The summed E-state index contributed by atoms with van der Waals surface area (Å²) in [7, 11) is 0. The first kappa shape index (κ1) is 19.0. The maximum Gasteiger partial charge on any atom is 0.256 e. The fourth-order valence-electron chi connectivity index (χ4n) is 3.30. The van der Waals surface area contributed by atoms with Gasteiger partial charge in [-0.3, -0.25) is 9.59 Å². The van der Waals surface area contributed by atoms with Gasteiger partial charge in [-0.1, -0.05) is 45.0 Å². The van der Waals surface area contributed by atoms with Crippen LogP contribution in [0.5, 0.6) is 0 Å². The van der Waals surface area contributed by atoms with Crippen molar-refractivity contribution in [1.29, 1.82) is 0 Å². The van der Waals surface area contributed by atoms with Crippen molar-refractivity contribution in [2.45, 2.75) is 33.4 Å². The summed E-state index contributed by atoms with van der Waals surface area (Å²) in [6.07, 6.45) is 0.665. The molecule has 27 heavy (non-hydrogen) atoms. The molecule has 5 heteroatoms. The first-order valence-corrected chi connectivity index (χ1v) is 9.56. The van der Waals surface area contributed by atoms with Gasteiger partial charge in [0.1, 0.15) is 6.17 Å². The summed E-state index contributed by atoms with van der Waals surface area (Å²) >= 11 is 0. The summed E-state index contributed by atoms with van der Waals surface area (Å²) in [5, 5.41) is 6.39. The average molecular weight is 365 g/mol. The summed E-state index contributed by atoms with van der Waals surface area (Å²) in [6, 6.07) is 15.1. The summed E-state index contributed by atoms with van der Waals surface area (Å²) in [4.78, 5) is 26.9. The Morgan fingerprint density at radius 1 is 1.15 bits per heavy atom. The van der Waals surface area contributed by atoms with Crippen molar-refractivity contribution in [2.75, 3.05) is 18.4 Å². The minimum atomic E-state index is -0.220. The molecule has 3 rings (SSSR count). The highest BCUT2D eigenvalue weighted by molar-refractivity contribution is 5.99. The quantitative estimate of drug-likeness (QED) is 0.778. The van der Waals surface area contributed by atoms with Crippen LogP contribution in [0.4, 0.5) is 5.69 Å². The normalized spacial score (nSPS) is 15.8. The minimum absolute atomic E-state index is 0.0516. The van der Waals surface area contributed by atoms with Gasteiger partial charge in [-0.15, -0.1) is 0 Å². The van der Waals surface area contributed by atoms with Crippen LogP contribution in [0.1, 0.15) is 59.6 Å². The van der Waals surface area contributed by atoms with Crippen LogP contribution in [-0.4, -0.2) is 29.8 Å². The van der Waals surface area contributed by atoms with Crippen LogP contribution in [0, 0.1) is 5.92 Å². The van der Waals surface area contributed by atoms with E-state index in [9.17, 15) is 9.59 Å². The van der Waals surface area contributed by atoms with Crippen LogP contribution in [0.15, 0.2) is 48.5 Å². The van der Waals surface area contributed by atoms with Gasteiger partial charge in [-0.25, -0.2) is 0 Å². The molecule has 0 spiro atoms. The number of nitrogens with one attached hydrogen (secondary N) is 2. The largest absolute Gasteiger partial charge is 0.361 e. The number of amides is 2. The Hall–Kier alpha value is -2.82. The second-order valence-corrected chi connectivity index (χ2v) is 7.32. The van der Waals surface area contributed by atoms with Gasteiger partial charge >= 0.3 is 0 Å². The number of hydrogen-bond acceptors (Lipinski definition) is 3. The molecule has 1 heterocycles. The fraction of sp³-hybridized carbons (Fsp3) is 0.364. The summed E-state index contributed by atoms with van der Waals surface area (Å²) in [5.74, 6) is 0.371. The molecule has 0 aromatic heterocycles. The molecule has 2 aromatic rings. The lowest BCUT2D eigenvalue weighted by Crippen LogP contribution is -2.33. The molecule has 1 aliphatic heterocycles. The lowest BCUT2D eigenvalue weighted by molar-refractivity contribution is 0.0742. The van der Waals surface area contributed by atoms with Crippen molar-refractivity contribution in [3.63, 3.8) is 0 Å². The maximum absolute atomic E-state index is 12.7. The van der Waals surface area contributed by atoms with E-state index in [1.54, 1.807) is 6.07 Å². The van der Waals surface area contributed by atoms with Crippen LogP contribution in [-0.2, 0) is 0 Å². The highest BCUT2D eigenvalue weighted by Gasteiger charge is 2.35. The van der Waals surface area contributed by atoms with Crippen LogP contribution in [0.25, 0.3) is 0 Å². The molecule has 5 nitrogen and oxygen atoms in total. The van der Waals surface area contributed by atoms with Gasteiger partial charge in [0, 0.05) is 35.5 Å². The van der Waals surface area contributed by atoms with E-state index in [1.165, 1.54) is 0 Å². The molecule has 142 valence electrons. The lowest BCUT2D eigenvalue weighted by atomic mass is 10.1. The summed E-state index contributed by atoms with van der Waals surface area (Å²) in [6.45, 7) is 7.52. The Labute approximate surface area is 160 Å². The zero-order valence-electron chi connectivity index (χ0n) is 16.2. The average Bonchev–Trinajstić information content (AvgIpc) is 2.93.